The van der Waals surface area contributed by atoms with E-state index >= 15 is 0 Å². The summed E-state index contributed by atoms with van der Waals surface area (Å²) in [5, 5.41) is 17.1. The third-order valence-corrected chi connectivity index (χ3v) is 7.87. The van der Waals surface area contributed by atoms with Crippen molar-refractivity contribution in [2.45, 2.75) is 62.9 Å². The van der Waals surface area contributed by atoms with Crippen molar-refractivity contribution >= 4 is 23.2 Å². The van der Waals surface area contributed by atoms with Crippen LogP contribution in [0.2, 0.25) is 0 Å². The van der Waals surface area contributed by atoms with Crippen LogP contribution in [-0.2, 0) is 16.6 Å². The molecule has 1 saturated carbocycles. The Morgan fingerprint density at radius 1 is 1.26 bits per heavy atom. The van der Waals surface area contributed by atoms with Crippen molar-refractivity contribution in [3.05, 3.63) is 51.5 Å². The van der Waals surface area contributed by atoms with Gasteiger partial charge in [-0.1, -0.05) is 6.07 Å². The maximum Gasteiger partial charge on any atom is 0.416 e. The largest absolute Gasteiger partial charge is 0.416 e. The Balaban J connectivity index is 1.21. The summed E-state index contributed by atoms with van der Waals surface area (Å²) in [6, 6.07) is 4.37. The fourth-order valence-electron chi connectivity index (χ4n) is 4.84. The van der Waals surface area contributed by atoms with Crippen LogP contribution in [0.1, 0.15) is 57.9 Å². The van der Waals surface area contributed by atoms with Gasteiger partial charge < -0.3 is 15.7 Å². The molecule has 1 saturated heterocycles. The first-order valence-corrected chi connectivity index (χ1v) is 12.5. The number of carbonyl (C=O) groups is 2. The number of carbonyl (C=O) groups excluding carboxylic acids is 2. The molecular weight excluding hydrogens is 481 g/mol. The van der Waals surface area contributed by atoms with E-state index in [-0.39, 0.29) is 24.1 Å². The number of nitrogens with one attached hydrogen (secondary N) is 2. The number of amides is 2. The van der Waals surface area contributed by atoms with E-state index in [0.29, 0.717) is 25.4 Å². The second-order valence-corrected chi connectivity index (χ2v) is 10.6. The van der Waals surface area contributed by atoms with Gasteiger partial charge in [0.05, 0.1) is 12.1 Å². The molecule has 0 unspecified atom stereocenters. The molecule has 1 aromatic heterocycles. The first kappa shape index (κ1) is 25.6. The highest BCUT2D eigenvalue weighted by molar-refractivity contribution is 7.11. The summed E-state index contributed by atoms with van der Waals surface area (Å²) >= 11 is 1.54. The number of likely N-dealkylation sites (tertiary alicyclic amines) is 1. The molecule has 1 atom stereocenters. The van der Waals surface area contributed by atoms with Gasteiger partial charge in [-0.25, -0.2) is 4.98 Å². The normalized spacial score (nSPS) is 25.4. The first-order valence-electron chi connectivity index (χ1n) is 11.7. The van der Waals surface area contributed by atoms with Crippen LogP contribution in [0.25, 0.3) is 0 Å². The molecule has 1 aliphatic carbocycles. The lowest BCUT2D eigenvalue weighted by Crippen LogP contribution is -2.45. The quantitative estimate of drug-likeness (QED) is 0.555. The van der Waals surface area contributed by atoms with E-state index in [0.717, 1.165) is 53.9 Å². The number of halogens is 3. The van der Waals surface area contributed by atoms with E-state index in [9.17, 15) is 27.9 Å². The molecule has 1 aromatic carbocycles. The summed E-state index contributed by atoms with van der Waals surface area (Å²) in [6.07, 6.45) is 1.03. The number of benzene rings is 1. The van der Waals surface area contributed by atoms with Gasteiger partial charge in [0.15, 0.2) is 0 Å². The number of hydrogen-bond donors (Lipinski definition) is 3. The number of aromatic nitrogens is 1. The van der Waals surface area contributed by atoms with E-state index in [2.05, 4.69) is 20.5 Å². The van der Waals surface area contributed by atoms with Crippen LogP contribution in [0.15, 0.2) is 30.5 Å². The number of hydrogen-bond acceptors (Lipinski definition) is 6. The van der Waals surface area contributed by atoms with Crippen LogP contribution in [0.4, 0.5) is 13.2 Å². The lowest BCUT2D eigenvalue weighted by molar-refractivity contribution is -0.137. The van der Waals surface area contributed by atoms with Crippen molar-refractivity contribution in [3.8, 4) is 0 Å². The minimum atomic E-state index is -4.54. The smallest absolute Gasteiger partial charge is 0.383 e. The highest BCUT2D eigenvalue weighted by atomic mass is 32.1. The minimum absolute atomic E-state index is 0.0598. The van der Waals surface area contributed by atoms with Crippen molar-refractivity contribution in [1.29, 1.82) is 0 Å². The van der Waals surface area contributed by atoms with Gasteiger partial charge in [0.25, 0.3) is 5.91 Å². The molecule has 190 valence electrons. The predicted octanol–water partition coefficient (Wildman–Crippen LogP) is 3.22. The Morgan fingerprint density at radius 2 is 2.00 bits per heavy atom. The third-order valence-electron chi connectivity index (χ3n) is 6.76. The zero-order chi connectivity index (χ0) is 25.2. The van der Waals surface area contributed by atoms with Crippen LogP contribution < -0.4 is 10.6 Å². The number of alkyl halides is 3. The molecule has 7 nitrogen and oxygen atoms in total. The third kappa shape index (κ3) is 6.20. The molecule has 3 N–H and O–H groups in total. The van der Waals surface area contributed by atoms with Crippen molar-refractivity contribution in [2.75, 3.05) is 19.6 Å². The second-order valence-electron chi connectivity index (χ2n) is 9.35. The fraction of sp³-hybridized carbons (Fsp3) is 0.542. The molecule has 2 amide bonds. The highest BCUT2D eigenvalue weighted by Crippen LogP contribution is 2.40. The molecule has 2 fully saturated rings. The van der Waals surface area contributed by atoms with Crippen LogP contribution in [0, 0.1) is 6.92 Å². The number of aliphatic hydroxyl groups is 1. The Morgan fingerprint density at radius 3 is 2.66 bits per heavy atom. The SMILES string of the molecule is Cc1cnc(C2(O)CCC(N3CC[C@@H](NC(=O)CNC(=O)c4cccc(C(F)(F)F)c4)C3)CC2)s1. The molecule has 0 radical (unpaired) electrons. The molecule has 2 aromatic rings. The van der Waals surface area contributed by atoms with Gasteiger partial charge >= 0.3 is 6.18 Å². The summed E-state index contributed by atoms with van der Waals surface area (Å²) in [5.41, 5.74) is -1.92. The standard InChI is InChI=1S/C24H29F3N4O3S/c1-15-12-29-22(35-15)23(34)8-5-19(6-9-23)31-10-7-18(14-31)30-20(32)13-28-21(33)16-3-2-4-17(11-16)24(25,26)27/h2-4,11-12,18-19,34H,5-10,13-14H2,1H3,(H,28,33)(H,30,32)/t18-,19?,23?/m1/s1. The first-order chi connectivity index (χ1) is 16.5. The van der Waals surface area contributed by atoms with E-state index in [1.165, 1.54) is 17.4 Å². The fourth-order valence-corrected chi connectivity index (χ4v) is 5.75. The lowest BCUT2D eigenvalue weighted by Gasteiger charge is -2.38. The average Bonchev–Trinajstić information content (AvgIpc) is 3.47. The summed E-state index contributed by atoms with van der Waals surface area (Å²) in [5.74, 6) is -1.11. The van der Waals surface area contributed by atoms with Gasteiger partial charge in [-0.3, -0.25) is 14.5 Å². The Hall–Kier alpha value is -2.50. The van der Waals surface area contributed by atoms with Crippen molar-refractivity contribution in [1.82, 2.24) is 20.5 Å². The monoisotopic (exact) mass is 510 g/mol. The number of aryl methyl sites for hydroxylation is 1. The Kier molecular flexibility index (Phi) is 7.48. The summed E-state index contributed by atoms with van der Waals surface area (Å²) in [4.78, 5) is 32.3. The van der Waals surface area contributed by atoms with Gasteiger partial charge in [-0.2, -0.15) is 13.2 Å². The Bertz CT molecular complexity index is 1070. The van der Waals surface area contributed by atoms with Gasteiger partial charge in [0, 0.05) is 41.8 Å². The molecule has 2 aliphatic rings. The highest BCUT2D eigenvalue weighted by Gasteiger charge is 2.40. The van der Waals surface area contributed by atoms with Crippen molar-refractivity contribution in [3.63, 3.8) is 0 Å². The van der Waals surface area contributed by atoms with Crippen LogP contribution in [0.3, 0.4) is 0 Å². The summed E-state index contributed by atoms with van der Waals surface area (Å²) in [7, 11) is 0. The van der Waals surface area contributed by atoms with Crippen LogP contribution >= 0.6 is 11.3 Å². The zero-order valence-corrected chi connectivity index (χ0v) is 20.2. The topological polar surface area (TPSA) is 94.6 Å². The van der Waals surface area contributed by atoms with Gasteiger partial charge in [-0.05, 0) is 57.2 Å². The van der Waals surface area contributed by atoms with E-state index in [1.807, 2.05) is 6.92 Å². The molecule has 11 heteroatoms. The van der Waals surface area contributed by atoms with Crippen LogP contribution in [-0.4, -0.2) is 58.5 Å². The predicted molar refractivity (Wildman–Crippen MR) is 125 cm³/mol. The lowest BCUT2D eigenvalue weighted by atomic mass is 9.82. The molecule has 1 aliphatic heterocycles. The minimum Gasteiger partial charge on any atom is -0.383 e. The molecular formula is C24H29F3N4O3S. The summed E-state index contributed by atoms with van der Waals surface area (Å²) in [6.45, 7) is 3.19. The maximum atomic E-state index is 12.8. The number of thiazole rings is 1. The number of rotatable bonds is 6. The molecule has 2 heterocycles. The molecule has 35 heavy (non-hydrogen) atoms. The molecule has 4 rings (SSSR count). The van der Waals surface area contributed by atoms with E-state index in [4.69, 9.17) is 0 Å². The van der Waals surface area contributed by atoms with E-state index in [1.54, 1.807) is 6.20 Å². The average molecular weight is 511 g/mol. The van der Waals surface area contributed by atoms with Crippen LogP contribution in [0.5, 0.6) is 0 Å². The van der Waals surface area contributed by atoms with Gasteiger partial charge in [-0.15, -0.1) is 11.3 Å². The van der Waals surface area contributed by atoms with Gasteiger partial charge in [0.1, 0.15) is 10.6 Å². The molecule has 0 bridgehead atoms. The van der Waals surface area contributed by atoms with Gasteiger partial charge in [0.2, 0.25) is 5.91 Å². The zero-order valence-electron chi connectivity index (χ0n) is 19.4. The van der Waals surface area contributed by atoms with E-state index < -0.39 is 23.2 Å². The Labute approximate surface area is 205 Å². The van der Waals surface area contributed by atoms with Crippen molar-refractivity contribution in [2.24, 2.45) is 0 Å². The van der Waals surface area contributed by atoms with Crippen molar-refractivity contribution < 1.29 is 27.9 Å². The maximum absolute atomic E-state index is 12.8. The number of nitrogens with zero attached hydrogens (tertiary/aromatic N) is 2. The summed E-state index contributed by atoms with van der Waals surface area (Å²) < 4.78 is 38.5. The molecule has 0 spiro atoms. The second kappa shape index (κ2) is 10.2.